The highest BCUT2D eigenvalue weighted by atomic mass is 35.5. The largest absolute Gasteiger partial charge is 0.484 e. The first-order valence-corrected chi connectivity index (χ1v) is 10.8. The summed E-state index contributed by atoms with van der Waals surface area (Å²) in [7, 11) is -3.60. The average Bonchev–Trinajstić information content (AvgIpc) is 2.65. The van der Waals surface area contributed by atoms with Gasteiger partial charge in [0.05, 0.1) is 5.75 Å². The molecule has 1 amide bonds. The minimum absolute atomic E-state index is 0.0646. The second kappa shape index (κ2) is 9.80. The second-order valence-electron chi connectivity index (χ2n) is 6.44. The molecule has 8 heteroatoms. The minimum atomic E-state index is -3.60. The summed E-state index contributed by atoms with van der Waals surface area (Å²) in [5.41, 5.74) is 0.761. The van der Waals surface area contributed by atoms with Crippen molar-refractivity contribution in [2.75, 3.05) is 12.4 Å². The Morgan fingerprint density at radius 2 is 1.79 bits per heavy atom. The maximum absolute atomic E-state index is 12.6. The fourth-order valence-electron chi connectivity index (χ4n) is 2.42. The van der Waals surface area contributed by atoms with E-state index in [-0.39, 0.29) is 30.1 Å². The standard InChI is InChI=1S/C20H24ClNO5S/c1-4-28(24,25)27-19-7-5-6-16(12-19)13-22(15(2)3)20(23)14-26-18-10-8-17(21)9-11-18/h5-12,15H,4,13-14H2,1-3H3. The van der Waals surface area contributed by atoms with Crippen molar-refractivity contribution in [2.24, 2.45) is 0 Å². The van der Waals surface area contributed by atoms with Crippen LogP contribution in [0.1, 0.15) is 26.3 Å². The van der Waals surface area contributed by atoms with E-state index in [2.05, 4.69) is 0 Å². The summed E-state index contributed by atoms with van der Waals surface area (Å²) in [5.74, 6) is 0.488. The van der Waals surface area contributed by atoms with Crippen molar-refractivity contribution in [3.05, 3.63) is 59.1 Å². The molecule has 0 unspecified atom stereocenters. The Morgan fingerprint density at radius 1 is 1.11 bits per heavy atom. The Bertz CT molecular complexity index is 897. The van der Waals surface area contributed by atoms with Gasteiger partial charge in [-0.2, -0.15) is 8.42 Å². The first kappa shape index (κ1) is 22.0. The molecule has 2 aromatic carbocycles. The molecule has 0 aromatic heterocycles. The summed E-state index contributed by atoms with van der Waals surface area (Å²) in [6.07, 6.45) is 0. The summed E-state index contributed by atoms with van der Waals surface area (Å²) < 4.78 is 33.9. The zero-order valence-corrected chi connectivity index (χ0v) is 17.7. The number of halogens is 1. The second-order valence-corrected chi connectivity index (χ2v) is 8.73. The van der Waals surface area contributed by atoms with Crippen molar-refractivity contribution in [2.45, 2.75) is 33.4 Å². The van der Waals surface area contributed by atoms with Crippen LogP contribution in [0.2, 0.25) is 5.02 Å². The van der Waals surface area contributed by atoms with Crippen molar-refractivity contribution in [1.29, 1.82) is 0 Å². The van der Waals surface area contributed by atoms with Gasteiger partial charge in [-0.25, -0.2) is 0 Å². The Kier molecular flexibility index (Phi) is 7.71. The first-order valence-electron chi connectivity index (χ1n) is 8.89. The molecule has 0 atom stereocenters. The molecule has 152 valence electrons. The molecule has 2 aromatic rings. The maximum Gasteiger partial charge on any atom is 0.308 e. The summed E-state index contributed by atoms with van der Waals surface area (Å²) in [6.45, 7) is 5.52. The molecule has 0 saturated carbocycles. The molecule has 0 fully saturated rings. The van der Waals surface area contributed by atoms with Gasteiger partial charge >= 0.3 is 10.1 Å². The number of rotatable bonds is 9. The van der Waals surface area contributed by atoms with Gasteiger partial charge < -0.3 is 13.8 Å². The highest BCUT2D eigenvalue weighted by Gasteiger charge is 2.19. The molecule has 28 heavy (non-hydrogen) atoms. The lowest BCUT2D eigenvalue weighted by Gasteiger charge is -2.27. The number of ether oxygens (including phenoxy) is 1. The molecule has 0 aliphatic heterocycles. The Hall–Kier alpha value is -2.25. The van der Waals surface area contributed by atoms with Crippen LogP contribution in [0.15, 0.2) is 48.5 Å². The molecule has 0 bridgehead atoms. The number of hydrogen-bond donors (Lipinski definition) is 0. The molecule has 0 aliphatic carbocycles. The van der Waals surface area contributed by atoms with E-state index >= 15 is 0 Å². The average molecular weight is 426 g/mol. The van der Waals surface area contributed by atoms with Crippen LogP contribution in [0.3, 0.4) is 0 Å². The summed E-state index contributed by atoms with van der Waals surface area (Å²) >= 11 is 5.84. The van der Waals surface area contributed by atoms with Crippen molar-refractivity contribution in [1.82, 2.24) is 4.90 Å². The number of amides is 1. The maximum atomic E-state index is 12.6. The van der Waals surface area contributed by atoms with Crippen molar-refractivity contribution in [3.8, 4) is 11.5 Å². The number of nitrogens with zero attached hydrogens (tertiary/aromatic N) is 1. The predicted molar refractivity (Wildman–Crippen MR) is 109 cm³/mol. The molecule has 6 nitrogen and oxygen atoms in total. The SMILES string of the molecule is CCS(=O)(=O)Oc1cccc(CN(C(=O)COc2ccc(Cl)cc2)C(C)C)c1. The molecule has 2 rings (SSSR count). The fraction of sp³-hybridized carbons (Fsp3) is 0.350. The molecule has 0 N–H and O–H groups in total. The summed E-state index contributed by atoms with van der Waals surface area (Å²) in [5, 5.41) is 0.592. The third-order valence-electron chi connectivity index (χ3n) is 3.95. The zero-order valence-electron chi connectivity index (χ0n) is 16.1. The molecule has 0 heterocycles. The monoisotopic (exact) mass is 425 g/mol. The Morgan fingerprint density at radius 3 is 2.39 bits per heavy atom. The number of carbonyl (C=O) groups is 1. The summed E-state index contributed by atoms with van der Waals surface area (Å²) in [4.78, 5) is 14.3. The highest BCUT2D eigenvalue weighted by Crippen LogP contribution is 2.19. The normalized spacial score (nSPS) is 11.3. The topological polar surface area (TPSA) is 72.9 Å². The lowest BCUT2D eigenvalue weighted by atomic mass is 10.2. The van der Waals surface area contributed by atoms with Crippen LogP contribution in [0.4, 0.5) is 0 Å². The van der Waals surface area contributed by atoms with Gasteiger partial charge in [-0.15, -0.1) is 0 Å². The van der Waals surface area contributed by atoms with E-state index in [1.165, 1.54) is 6.92 Å². The van der Waals surface area contributed by atoms with Crippen LogP contribution < -0.4 is 8.92 Å². The van der Waals surface area contributed by atoms with Gasteiger partial charge in [0.15, 0.2) is 6.61 Å². The van der Waals surface area contributed by atoms with Gasteiger partial charge in [0.2, 0.25) is 0 Å². The number of carbonyl (C=O) groups excluding carboxylic acids is 1. The van der Waals surface area contributed by atoms with Gasteiger partial charge in [-0.05, 0) is 62.7 Å². The summed E-state index contributed by atoms with van der Waals surface area (Å²) in [6, 6.07) is 13.4. The Balaban J connectivity index is 2.05. The number of benzene rings is 2. The molecule has 0 radical (unpaired) electrons. The smallest absolute Gasteiger partial charge is 0.308 e. The fourth-order valence-corrected chi connectivity index (χ4v) is 3.06. The molecular weight excluding hydrogens is 402 g/mol. The van der Waals surface area contributed by atoms with E-state index in [1.807, 2.05) is 19.9 Å². The van der Waals surface area contributed by atoms with E-state index in [0.717, 1.165) is 5.56 Å². The van der Waals surface area contributed by atoms with Crippen LogP contribution in [-0.4, -0.2) is 37.6 Å². The van der Waals surface area contributed by atoms with Crippen molar-refractivity contribution >= 4 is 27.6 Å². The van der Waals surface area contributed by atoms with Gasteiger partial charge in [-0.1, -0.05) is 23.7 Å². The third-order valence-corrected chi connectivity index (χ3v) is 5.35. The lowest BCUT2D eigenvalue weighted by molar-refractivity contribution is -0.135. The lowest BCUT2D eigenvalue weighted by Crippen LogP contribution is -2.39. The van der Waals surface area contributed by atoms with Crippen molar-refractivity contribution < 1.29 is 22.1 Å². The van der Waals surface area contributed by atoms with Gasteiger partial charge in [-0.3, -0.25) is 4.79 Å². The van der Waals surface area contributed by atoms with Gasteiger partial charge in [0, 0.05) is 17.6 Å². The molecule has 0 saturated heterocycles. The first-order chi connectivity index (χ1) is 13.2. The zero-order chi connectivity index (χ0) is 20.7. The predicted octanol–water partition coefficient (Wildman–Crippen LogP) is 3.88. The Labute approximate surface area is 171 Å². The number of hydrogen-bond acceptors (Lipinski definition) is 5. The van der Waals surface area contributed by atoms with Gasteiger partial charge in [0.25, 0.3) is 5.91 Å². The molecular formula is C20H24ClNO5S. The van der Waals surface area contributed by atoms with E-state index < -0.39 is 10.1 Å². The van der Waals surface area contributed by atoms with E-state index in [4.69, 9.17) is 20.5 Å². The van der Waals surface area contributed by atoms with E-state index in [0.29, 0.717) is 17.3 Å². The van der Waals surface area contributed by atoms with Crippen LogP contribution in [0.5, 0.6) is 11.5 Å². The van der Waals surface area contributed by atoms with E-state index in [1.54, 1.807) is 47.4 Å². The van der Waals surface area contributed by atoms with E-state index in [9.17, 15) is 13.2 Å². The highest BCUT2D eigenvalue weighted by molar-refractivity contribution is 7.87. The third kappa shape index (κ3) is 6.73. The molecule has 0 spiro atoms. The van der Waals surface area contributed by atoms with Crippen LogP contribution in [-0.2, 0) is 21.5 Å². The van der Waals surface area contributed by atoms with Crippen LogP contribution in [0, 0.1) is 0 Å². The van der Waals surface area contributed by atoms with Gasteiger partial charge in [0.1, 0.15) is 11.5 Å². The minimum Gasteiger partial charge on any atom is -0.484 e. The van der Waals surface area contributed by atoms with Crippen molar-refractivity contribution in [3.63, 3.8) is 0 Å². The van der Waals surface area contributed by atoms with Crippen LogP contribution >= 0.6 is 11.6 Å². The van der Waals surface area contributed by atoms with Crippen LogP contribution in [0.25, 0.3) is 0 Å². The molecule has 0 aliphatic rings. The quantitative estimate of drug-likeness (QED) is 0.570.